The van der Waals surface area contributed by atoms with Crippen LogP contribution in [0.15, 0.2) is 11.0 Å². The van der Waals surface area contributed by atoms with Crippen molar-refractivity contribution in [3.05, 3.63) is 22.5 Å². The third-order valence-corrected chi connectivity index (χ3v) is 3.96. The predicted molar refractivity (Wildman–Crippen MR) is 91.3 cm³/mol. The van der Waals surface area contributed by atoms with Crippen LogP contribution < -0.4 is 11.4 Å². The van der Waals surface area contributed by atoms with Crippen LogP contribution in [0, 0.1) is 5.82 Å². The Bertz CT molecular complexity index is 452. The topological polar surface area (TPSA) is 109 Å². The highest BCUT2D eigenvalue weighted by molar-refractivity contribution is 7.47. The van der Waals surface area contributed by atoms with Crippen molar-refractivity contribution in [2.24, 2.45) is 0 Å². The van der Waals surface area contributed by atoms with Crippen molar-refractivity contribution in [1.82, 2.24) is 9.97 Å². The van der Waals surface area contributed by atoms with Crippen molar-refractivity contribution < 1.29 is 22.9 Å². The molecule has 2 heterocycles. The van der Waals surface area contributed by atoms with E-state index in [0.717, 1.165) is 19.4 Å². The molecule has 24 heavy (non-hydrogen) atoms. The second kappa shape index (κ2) is 15.4. The minimum absolute atomic E-state index is 0.282. The summed E-state index contributed by atoms with van der Waals surface area (Å²) in [4.78, 5) is 15.3. The fraction of sp³-hybridized carbons (Fsp3) is 0.714. The van der Waals surface area contributed by atoms with Crippen LogP contribution >= 0.6 is 8.38 Å². The molecule has 0 unspecified atom stereocenters. The monoisotopic (exact) mass is 367 g/mol. The smallest absolute Gasteiger partial charge is 0.346 e. The van der Waals surface area contributed by atoms with Crippen LogP contribution in [-0.4, -0.2) is 49.9 Å². The summed E-state index contributed by atoms with van der Waals surface area (Å²) in [6.45, 7) is 7.28. The molecular formula is C14H27FN3O5P. The Labute approximate surface area is 142 Å². The van der Waals surface area contributed by atoms with Gasteiger partial charge in [0.1, 0.15) is 12.2 Å². The zero-order valence-electron chi connectivity index (χ0n) is 14.4. The number of ether oxygens (including phenoxy) is 2. The first kappa shape index (κ1) is 22.9. The van der Waals surface area contributed by atoms with Gasteiger partial charge in [-0.3, -0.25) is 4.98 Å². The maximum Gasteiger partial charge on any atom is 0.346 e. The lowest BCUT2D eigenvalue weighted by atomic mass is 10.4. The first-order chi connectivity index (χ1) is 11.5. The lowest BCUT2D eigenvalue weighted by molar-refractivity contribution is 0.198. The van der Waals surface area contributed by atoms with Gasteiger partial charge in [-0.15, -0.1) is 0 Å². The van der Waals surface area contributed by atoms with Crippen LogP contribution in [0.5, 0.6) is 0 Å². The molecule has 2 rings (SSSR count). The Kier molecular flexibility index (Phi) is 14.7. The molecule has 1 aliphatic heterocycles. The van der Waals surface area contributed by atoms with Gasteiger partial charge >= 0.3 is 5.69 Å². The molecule has 10 heteroatoms. The van der Waals surface area contributed by atoms with Crippen LogP contribution in [0.25, 0.3) is 0 Å². The SMILES string of the molecule is C1CCOC1.CCOP(COC)OCC.Nc1[nH]c(=O)ncc1F. The Morgan fingerprint density at radius 1 is 1.33 bits per heavy atom. The summed E-state index contributed by atoms with van der Waals surface area (Å²) in [5, 5.41) is 0. The predicted octanol–water partition coefficient (Wildman–Crippen LogP) is 2.26. The summed E-state index contributed by atoms with van der Waals surface area (Å²) in [5.74, 6) is -0.996. The number of aromatic amines is 1. The summed E-state index contributed by atoms with van der Waals surface area (Å²) in [6, 6.07) is 0. The summed E-state index contributed by atoms with van der Waals surface area (Å²) >= 11 is 0. The fourth-order valence-corrected chi connectivity index (χ4v) is 2.42. The molecule has 0 spiro atoms. The number of nitrogen functional groups attached to an aromatic ring is 1. The van der Waals surface area contributed by atoms with Crippen molar-refractivity contribution in [2.45, 2.75) is 26.7 Å². The average Bonchev–Trinajstić information content (AvgIpc) is 3.12. The molecule has 1 aromatic heterocycles. The molecule has 0 amide bonds. The van der Waals surface area contributed by atoms with Crippen molar-refractivity contribution in [2.75, 3.05) is 45.6 Å². The van der Waals surface area contributed by atoms with Crippen molar-refractivity contribution >= 4 is 14.2 Å². The number of rotatable bonds is 6. The van der Waals surface area contributed by atoms with E-state index >= 15 is 0 Å². The molecule has 0 atom stereocenters. The molecule has 140 valence electrons. The molecule has 0 bridgehead atoms. The van der Waals surface area contributed by atoms with Gasteiger partial charge in [0.25, 0.3) is 0 Å². The minimum atomic E-state index is -0.783. The van der Waals surface area contributed by atoms with E-state index in [4.69, 9.17) is 24.3 Å². The summed E-state index contributed by atoms with van der Waals surface area (Å²) < 4.78 is 32.5. The maximum absolute atomic E-state index is 12.1. The largest absolute Gasteiger partial charge is 0.383 e. The Balaban J connectivity index is 0.000000346. The summed E-state index contributed by atoms with van der Waals surface area (Å²) in [6.07, 6.45) is 3.89. The highest BCUT2D eigenvalue weighted by Crippen LogP contribution is 2.37. The van der Waals surface area contributed by atoms with E-state index in [2.05, 4.69) is 4.98 Å². The number of aromatic nitrogens is 2. The highest BCUT2D eigenvalue weighted by atomic mass is 31.2. The summed E-state index contributed by atoms with van der Waals surface area (Å²) in [7, 11) is 0.863. The molecule has 3 N–H and O–H groups in total. The van der Waals surface area contributed by atoms with Crippen molar-refractivity contribution in [3.8, 4) is 0 Å². The third kappa shape index (κ3) is 12.3. The van der Waals surface area contributed by atoms with Gasteiger partial charge in [-0.05, 0) is 26.7 Å². The molecule has 1 aromatic rings. The Hall–Kier alpha value is -1.12. The van der Waals surface area contributed by atoms with Gasteiger partial charge in [-0.25, -0.2) is 9.18 Å². The molecule has 1 fully saturated rings. The van der Waals surface area contributed by atoms with Gasteiger partial charge in [0.05, 0.1) is 19.4 Å². The van der Waals surface area contributed by atoms with Gasteiger partial charge in [0.2, 0.25) is 0 Å². The quantitative estimate of drug-likeness (QED) is 0.742. The zero-order valence-corrected chi connectivity index (χ0v) is 15.3. The van der Waals surface area contributed by atoms with Crippen LogP contribution in [-0.2, 0) is 18.5 Å². The maximum atomic E-state index is 12.1. The van der Waals surface area contributed by atoms with Crippen LogP contribution in [0.3, 0.4) is 0 Å². The second-order valence-corrected chi connectivity index (χ2v) is 5.80. The second-order valence-electron chi connectivity index (χ2n) is 4.36. The molecule has 0 radical (unpaired) electrons. The number of nitrogens with zero attached hydrogens (tertiary/aromatic N) is 1. The summed E-state index contributed by atoms with van der Waals surface area (Å²) in [5.41, 5.74) is 4.31. The van der Waals surface area contributed by atoms with Crippen molar-refractivity contribution in [1.29, 1.82) is 0 Å². The van der Waals surface area contributed by atoms with Gasteiger partial charge in [0.15, 0.2) is 14.2 Å². The minimum Gasteiger partial charge on any atom is -0.383 e. The van der Waals surface area contributed by atoms with Gasteiger partial charge < -0.3 is 24.3 Å². The van der Waals surface area contributed by atoms with Gasteiger partial charge in [-0.2, -0.15) is 4.98 Å². The molecule has 0 saturated carbocycles. The van der Waals surface area contributed by atoms with Crippen molar-refractivity contribution in [3.63, 3.8) is 0 Å². The van der Waals surface area contributed by atoms with Gasteiger partial charge in [0, 0.05) is 20.3 Å². The van der Waals surface area contributed by atoms with E-state index in [-0.39, 0.29) is 5.82 Å². The van der Waals surface area contributed by atoms with E-state index in [9.17, 15) is 9.18 Å². The first-order valence-electron chi connectivity index (χ1n) is 7.65. The average molecular weight is 367 g/mol. The molecule has 0 aromatic carbocycles. The number of hydrogen-bond acceptors (Lipinski definition) is 7. The van der Waals surface area contributed by atoms with E-state index in [1.165, 1.54) is 12.8 Å². The van der Waals surface area contributed by atoms with Gasteiger partial charge in [-0.1, -0.05) is 0 Å². The third-order valence-electron chi connectivity index (χ3n) is 2.40. The molecule has 0 aliphatic carbocycles. The molecular weight excluding hydrogens is 340 g/mol. The van der Waals surface area contributed by atoms with E-state index in [0.29, 0.717) is 19.6 Å². The van der Waals surface area contributed by atoms with Crippen LogP contribution in [0.1, 0.15) is 26.7 Å². The molecule has 8 nitrogen and oxygen atoms in total. The van der Waals surface area contributed by atoms with Crippen LogP contribution in [0.2, 0.25) is 0 Å². The lowest BCUT2D eigenvalue weighted by Crippen LogP contribution is -2.12. The number of hydrogen-bond donors (Lipinski definition) is 2. The molecule has 1 saturated heterocycles. The standard InChI is InChI=1S/C6H15O3P.C4H4FN3O.C4H8O/c1-4-8-10(6-7-3)9-5-2;5-2-1-7-4(9)8-3(2)6;1-2-4-5-3-1/h4-6H2,1-3H3;1H,(H3,6,7,8,9);1-4H2. The molecule has 1 aliphatic rings. The number of halogens is 1. The number of anilines is 1. The number of nitrogens with two attached hydrogens (primary N) is 1. The van der Waals surface area contributed by atoms with E-state index in [1.807, 2.05) is 18.8 Å². The van der Waals surface area contributed by atoms with E-state index in [1.54, 1.807) is 7.11 Å². The normalized spacial score (nSPS) is 13.0. The van der Waals surface area contributed by atoms with E-state index < -0.39 is 19.9 Å². The first-order valence-corrected chi connectivity index (χ1v) is 9.01. The number of methoxy groups -OCH3 is 1. The lowest BCUT2D eigenvalue weighted by Gasteiger charge is -2.13. The zero-order chi connectivity index (χ0) is 18.2. The number of H-pyrrole nitrogens is 1. The number of nitrogens with one attached hydrogen (secondary N) is 1. The fourth-order valence-electron chi connectivity index (χ4n) is 1.41. The highest BCUT2D eigenvalue weighted by Gasteiger charge is 2.06. The van der Waals surface area contributed by atoms with Crippen LogP contribution in [0.4, 0.5) is 10.2 Å². The Morgan fingerprint density at radius 2 is 1.92 bits per heavy atom. The Morgan fingerprint density at radius 3 is 2.25 bits per heavy atom.